The van der Waals surface area contributed by atoms with Crippen molar-refractivity contribution in [1.29, 1.82) is 0 Å². The Morgan fingerprint density at radius 1 is 1.32 bits per heavy atom. The second-order valence-electron chi connectivity index (χ2n) is 5.19. The molecule has 118 valence electrons. The van der Waals surface area contributed by atoms with E-state index in [4.69, 9.17) is 4.74 Å². The van der Waals surface area contributed by atoms with E-state index in [1.165, 1.54) is 0 Å². The number of aryl methyl sites for hydroxylation is 2. The predicted octanol–water partition coefficient (Wildman–Crippen LogP) is 1.78. The van der Waals surface area contributed by atoms with Crippen molar-refractivity contribution in [1.82, 2.24) is 20.4 Å². The number of ether oxygens (including phenoxy) is 1. The maximum absolute atomic E-state index is 11.7. The molecule has 1 heterocycles. The first-order valence-corrected chi connectivity index (χ1v) is 7.21. The predicted molar refractivity (Wildman–Crippen MR) is 84.9 cm³/mol. The first kappa shape index (κ1) is 15.9. The summed E-state index contributed by atoms with van der Waals surface area (Å²) in [5.74, 6) is 0.874. The van der Waals surface area contributed by atoms with Crippen LogP contribution in [0.15, 0.2) is 30.6 Å². The molecule has 2 rings (SSSR count). The molecule has 1 aromatic heterocycles. The number of nitrogens with zero attached hydrogens (tertiary/aromatic N) is 2. The number of hydrogen-bond donors (Lipinski definition) is 2. The second kappa shape index (κ2) is 7.49. The summed E-state index contributed by atoms with van der Waals surface area (Å²) in [5, 5.41) is 9.70. The summed E-state index contributed by atoms with van der Waals surface area (Å²) >= 11 is 0. The van der Waals surface area contributed by atoms with E-state index in [0.29, 0.717) is 13.1 Å². The average molecular weight is 302 g/mol. The molecule has 0 atom stereocenters. The van der Waals surface area contributed by atoms with Crippen LogP contribution in [-0.2, 0) is 20.0 Å². The molecule has 0 saturated carbocycles. The van der Waals surface area contributed by atoms with Crippen LogP contribution in [0.4, 0.5) is 4.79 Å². The minimum Gasteiger partial charge on any atom is -0.496 e. The minimum absolute atomic E-state index is 0.178. The maximum atomic E-state index is 11.7. The van der Waals surface area contributed by atoms with Crippen LogP contribution < -0.4 is 15.4 Å². The van der Waals surface area contributed by atoms with Gasteiger partial charge in [0.25, 0.3) is 0 Å². The van der Waals surface area contributed by atoms with E-state index in [2.05, 4.69) is 15.7 Å². The van der Waals surface area contributed by atoms with Gasteiger partial charge in [0.1, 0.15) is 5.75 Å². The molecule has 0 aliphatic heterocycles. The quantitative estimate of drug-likeness (QED) is 0.854. The number of urea groups is 1. The molecule has 1 aromatic carbocycles. The summed E-state index contributed by atoms with van der Waals surface area (Å²) in [6, 6.07) is 5.90. The zero-order chi connectivity index (χ0) is 15.9. The Labute approximate surface area is 130 Å². The fourth-order valence-electron chi connectivity index (χ4n) is 2.15. The summed E-state index contributed by atoms with van der Waals surface area (Å²) in [6.07, 6.45) is 4.37. The van der Waals surface area contributed by atoms with Crippen LogP contribution in [0.3, 0.4) is 0 Å². The first-order chi connectivity index (χ1) is 10.6. The van der Waals surface area contributed by atoms with Crippen molar-refractivity contribution in [2.24, 2.45) is 7.05 Å². The van der Waals surface area contributed by atoms with Crippen molar-refractivity contribution in [3.05, 3.63) is 47.3 Å². The van der Waals surface area contributed by atoms with E-state index < -0.39 is 0 Å². The summed E-state index contributed by atoms with van der Waals surface area (Å²) < 4.78 is 7.00. The molecule has 0 saturated heterocycles. The third-order valence-electron chi connectivity index (χ3n) is 3.38. The van der Waals surface area contributed by atoms with Gasteiger partial charge in [-0.2, -0.15) is 5.10 Å². The third-order valence-corrected chi connectivity index (χ3v) is 3.38. The summed E-state index contributed by atoms with van der Waals surface area (Å²) in [6.45, 7) is 3.05. The van der Waals surface area contributed by atoms with Crippen LogP contribution in [0.5, 0.6) is 5.75 Å². The van der Waals surface area contributed by atoms with Gasteiger partial charge < -0.3 is 15.4 Å². The molecular formula is C16H22N4O2. The SMILES string of the molecule is COc1cc(CCNC(=O)NCc2cnn(C)c2)ccc1C. The molecule has 0 aliphatic rings. The molecule has 0 unspecified atom stereocenters. The van der Waals surface area contributed by atoms with E-state index in [-0.39, 0.29) is 6.03 Å². The maximum Gasteiger partial charge on any atom is 0.315 e. The van der Waals surface area contributed by atoms with E-state index in [1.807, 2.05) is 38.4 Å². The molecule has 6 nitrogen and oxygen atoms in total. The highest BCUT2D eigenvalue weighted by atomic mass is 16.5. The van der Waals surface area contributed by atoms with E-state index in [9.17, 15) is 4.79 Å². The topological polar surface area (TPSA) is 68.2 Å². The van der Waals surface area contributed by atoms with Gasteiger partial charge in [0.2, 0.25) is 0 Å². The number of amides is 2. The molecule has 2 aromatic rings. The monoisotopic (exact) mass is 302 g/mol. The van der Waals surface area contributed by atoms with Crippen molar-refractivity contribution < 1.29 is 9.53 Å². The Balaban J connectivity index is 1.72. The van der Waals surface area contributed by atoms with E-state index in [0.717, 1.165) is 28.9 Å². The number of carbonyl (C=O) groups is 1. The van der Waals surface area contributed by atoms with Gasteiger partial charge >= 0.3 is 6.03 Å². The van der Waals surface area contributed by atoms with Crippen molar-refractivity contribution in [3.8, 4) is 5.75 Å². The van der Waals surface area contributed by atoms with Gasteiger partial charge in [-0.1, -0.05) is 12.1 Å². The standard InChI is InChI=1S/C16H22N4O2/c1-12-4-5-13(8-15(12)22-3)6-7-17-16(21)18-9-14-10-19-20(2)11-14/h4-5,8,10-11H,6-7,9H2,1-3H3,(H2,17,18,21). The van der Waals surface area contributed by atoms with Crippen molar-refractivity contribution in [2.45, 2.75) is 19.9 Å². The Bertz CT molecular complexity index is 637. The molecule has 0 spiro atoms. The zero-order valence-electron chi connectivity index (χ0n) is 13.2. The van der Waals surface area contributed by atoms with Crippen LogP contribution in [0.1, 0.15) is 16.7 Å². The molecule has 0 fully saturated rings. The fraction of sp³-hybridized carbons (Fsp3) is 0.375. The van der Waals surface area contributed by atoms with Gasteiger partial charge in [-0.3, -0.25) is 4.68 Å². The molecule has 0 radical (unpaired) electrons. The molecule has 22 heavy (non-hydrogen) atoms. The lowest BCUT2D eigenvalue weighted by Crippen LogP contribution is -2.36. The van der Waals surface area contributed by atoms with Crippen molar-refractivity contribution in [3.63, 3.8) is 0 Å². The smallest absolute Gasteiger partial charge is 0.315 e. The largest absolute Gasteiger partial charge is 0.496 e. The lowest BCUT2D eigenvalue weighted by Gasteiger charge is -2.09. The fourth-order valence-corrected chi connectivity index (χ4v) is 2.15. The second-order valence-corrected chi connectivity index (χ2v) is 5.19. The molecule has 6 heteroatoms. The van der Waals surface area contributed by atoms with Gasteiger partial charge in [0, 0.05) is 31.9 Å². The zero-order valence-corrected chi connectivity index (χ0v) is 13.2. The van der Waals surface area contributed by atoms with E-state index in [1.54, 1.807) is 18.0 Å². The molecule has 2 N–H and O–H groups in total. The van der Waals surface area contributed by atoms with Gasteiger partial charge in [0.05, 0.1) is 13.3 Å². The van der Waals surface area contributed by atoms with Crippen molar-refractivity contribution >= 4 is 6.03 Å². The normalized spacial score (nSPS) is 10.3. The van der Waals surface area contributed by atoms with Gasteiger partial charge in [-0.05, 0) is 30.5 Å². The third kappa shape index (κ3) is 4.51. The van der Waals surface area contributed by atoms with Crippen LogP contribution in [0, 0.1) is 6.92 Å². The first-order valence-electron chi connectivity index (χ1n) is 7.21. The van der Waals surface area contributed by atoms with Crippen LogP contribution in [-0.4, -0.2) is 29.5 Å². The average Bonchev–Trinajstić information content (AvgIpc) is 2.92. The van der Waals surface area contributed by atoms with Crippen LogP contribution in [0.25, 0.3) is 0 Å². The number of benzene rings is 1. The highest BCUT2D eigenvalue weighted by molar-refractivity contribution is 5.73. The molecular weight excluding hydrogens is 280 g/mol. The number of rotatable bonds is 6. The summed E-state index contributed by atoms with van der Waals surface area (Å²) in [5.41, 5.74) is 3.21. The molecule has 0 bridgehead atoms. The molecule has 0 aliphatic carbocycles. The number of methoxy groups -OCH3 is 1. The van der Waals surface area contributed by atoms with Gasteiger partial charge in [0.15, 0.2) is 0 Å². The number of aromatic nitrogens is 2. The summed E-state index contributed by atoms with van der Waals surface area (Å²) in [7, 11) is 3.51. The highest BCUT2D eigenvalue weighted by Gasteiger charge is 2.03. The van der Waals surface area contributed by atoms with E-state index >= 15 is 0 Å². The molecule has 2 amide bonds. The van der Waals surface area contributed by atoms with Gasteiger partial charge in [-0.25, -0.2) is 4.79 Å². The number of nitrogens with one attached hydrogen (secondary N) is 2. The summed E-state index contributed by atoms with van der Waals surface area (Å²) in [4.78, 5) is 11.7. The van der Waals surface area contributed by atoms with Crippen LogP contribution in [0.2, 0.25) is 0 Å². The Hall–Kier alpha value is -2.50. The van der Waals surface area contributed by atoms with Crippen LogP contribution >= 0.6 is 0 Å². The Morgan fingerprint density at radius 3 is 2.82 bits per heavy atom. The van der Waals surface area contributed by atoms with Crippen molar-refractivity contribution in [2.75, 3.05) is 13.7 Å². The van der Waals surface area contributed by atoms with Gasteiger partial charge in [-0.15, -0.1) is 0 Å². The highest BCUT2D eigenvalue weighted by Crippen LogP contribution is 2.18. The Morgan fingerprint density at radius 2 is 2.14 bits per heavy atom. The number of hydrogen-bond acceptors (Lipinski definition) is 3. The minimum atomic E-state index is -0.178. The lowest BCUT2D eigenvalue weighted by molar-refractivity contribution is 0.240. The Kier molecular flexibility index (Phi) is 5.41. The lowest BCUT2D eigenvalue weighted by atomic mass is 10.1. The number of carbonyl (C=O) groups excluding carboxylic acids is 1.